The van der Waals surface area contributed by atoms with Crippen molar-refractivity contribution in [2.75, 3.05) is 13.1 Å². The molecule has 1 saturated heterocycles. The summed E-state index contributed by atoms with van der Waals surface area (Å²) < 4.78 is 0. The molecule has 2 heterocycles. The van der Waals surface area contributed by atoms with Crippen molar-refractivity contribution in [3.05, 3.63) is 35.1 Å². The van der Waals surface area contributed by atoms with Gasteiger partial charge in [-0.05, 0) is 55.0 Å². The fraction of sp³-hybridized carbons (Fsp3) is 0.462. The molecular formula is C13H15ClN2. The third-order valence-electron chi connectivity index (χ3n) is 3.70. The van der Waals surface area contributed by atoms with Crippen LogP contribution in [0.2, 0.25) is 5.02 Å². The highest BCUT2D eigenvalue weighted by Gasteiger charge is 2.30. The molecule has 0 spiro atoms. The van der Waals surface area contributed by atoms with Gasteiger partial charge in [0.1, 0.15) is 0 Å². The van der Waals surface area contributed by atoms with Gasteiger partial charge in [-0.25, -0.2) is 0 Å². The zero-order chi connectivity index (χ0) is 11.0. The lowest BCUT2D eigenvalue weighted by Crippen LogP contribution is -2.16. The maximum absolute atomic E-state index is 5.97. The minimum Gasteiger partial charge on any atom is -0.316 e. The van der Waals surface area contributed by atoms with Crippen molar-refractivity contribution in [2.24, 2.45) is 11.8 Å². The van der Waals surface area contributed by atoms with Gasteiger partial charge in [0.15, 0.2) is 0 Å². The molecule has 0 amide bonds. The summed E-state index contributed by atoms with van der Waals surface area (Å²) in [5.41, 5.74) is 2.61. The van der Waals surface area contributed by atoms with Crippen molar-refractivity contribution in [1.29, 1.82) is 0 Å². The Morgan fingerprint density at radius 3 is 3.00 bits per heavy atom. The average Bonchev–Trinajstić information content (AvgIpc) is 2.75. The Bertz CT molecular complexity index is 428. The van der Waals surface area contributed by atoms with E-state index >= 15 is 0 Å². The molecule has 84 valence electrons. The van der Waals surface area contributed by atoms with Gasteiger partial charge in [-0.3, -0.25) is 4.98 Å². The fourth-order valence-electron chi connectivity index (χ4n) is 2.78. The van der Waals surface area contributed by atoms with Gasteiger partial charge in [0.2, 0.25) is 0 Å². The quantitative estimate of drug-likeness (QED) is 0.808. The van der Waals surface area contributed by atoms with Crippen molar-refractivity contribution >= 4 is 17.2 Å². The summed E-state index contributed by atoms with van der Waals surface area (Å²) in [7, 11) is 0. The van der Waals surface area contributed by atoms with Crippen molar-refractivity contribution < 1.29 is 0 Å². The second kappa shape index (κ2) is 4.19. The first-order valence-corrected chi connectivity index (χ1v) is 6.21. The molecule has 2 nitrogen and oxygen atoms in total. The SMILES string of the molecule is Clc1cncc(C2=CC[C@@H]3CNC[C@@H]3C2)c1. The molecule has 1 aliphatic carbocycles. The third kappa shape index (κ3) is 1.87. The van der Waals surface area contributed by atoms with E-state index in [4.69, 9.17) is 11.6 Å². The number of pyridine rings is 1. The van der Waals surface area contributed by atoms with E-state index in [1.54, 1.807) is 6.20 Å². The van der Waals surface area contributed by atoms with Gasteiger partial charge in [0.25, 0.3) is 0 Å². The number of hydrogen-bond donors (Lipinski definition) is 1. The Kier molecular flexibility index (Phi) is 2.70. The first-order chi connectivity index (χ1) is 7.83. The molecule has 1 N–H and O–H groups in total. The Morgan fingerprint density at radius 1 is 1.25 bits per heavy atom. The van der Waals surface area contributed by atoms with Crippen LogP contribution in [0.15, 0.2) is 24.5 Å². The van der Waals surface area contributed by atoms with Gasteiger partial charge < -0.3 is 5.32 Å². The zero-order valence-electron chi connectivity index (χ0n) is 9.12. The molecule has 1 aromatic rings. The van der Waals surface area contributed by atoms with Gasteiger partial charge in [-0.15, -0.1) is 0 Å². The van der Waals surface area contributed by atoms with Crippen molar-refractivity contribution in [3.8, 4) is 0 Å². The lowest BCUT2D eigenvalue weighted by atomic mass is 9.80. The molecule has 1 aromatic heterocycles. The van der Waals surface area contributed by atoms with E-state index in [0.29, 0.717) is 0 Å². The molecule has 1 aliphatic heterocycles. The molecule has 0 unspecified atom stereocenters. The van der Waals surface area contributed by atoms with Crippen LogP contribution in [-0.2, 0) is 0 Å². The Morgan fingerprint density at radius 2 is 2.12 bits per heavy atom. The molecule has 0 bridgehead atoms. The molecule has 3 rings (SSSR count). The third-order valence-corrected chi connectivity index (χ3v) is 3.91. The Labute approximate surface area is 101 Å². The van der Waals surface area contributed by atoms with Crippen LogP contribution >= 0.6 is 11.6 Å². The fourth-order valence-corrected chi connectivity index (χ4v) is 2.96. The number of nitrogens with one attached hydrogen (secondary N) is 1. The van der Waals surface area contributed by atoms with Crippen LogP contribution < -0.4 is 5.32 Å². The Hall–Kier alpha value is -0.860. The maximum Gasteiger partial charge on any atom is 0.0595 e. The van der Waals surface area contributed by atoms with Crippen molar-refractivity contribution in [3.63, 3.8) is 0 Å². The zero-order valence-corrected chi connectivity index (χ0v) is 9.87. The molecule has 16 heavy (non-hydrogen) atoms. The number of fused-ring (bicyclic) bond motifs is 1. The van der Waals surface area contributed by atoms with E-state index in [1.165, 1.54) is 30.5 Å². The van der Waals surface area contributed by atoms with Crippen LogP contribution in [0, 0.1) is 11.8 Å². The molecule has 0 radical (unpaired) electrons. The molecule has 1 fully saturated rings. The smallest absolute Gasteiger partial charge is 0.0595 e. The summed E-state index contributed by atoms with van der Waals surface area (Å²) in [5.74, 6) is 1.65. The summed E-state index contributed by atoms with van der Waals surface area (Å²) in [6.45, 7) is 2.35. The van der Waals surface area contributed by atoms with Crippen LogP contribution in [-0.4, -0.2) is 18.1 Å². The van der Waals surface area contributed by atoms with Crippen LogP contribution in [0.1, 0.15) is 18.4 Å². The summed E-state index contributed by atoms with van der Waals surface area (Å²) in [6.07, 6.45) is 8.33. The Balaban J connectivity index is 1.85. The van der Waals surface area contributed by atoms with Crippen LogP contribution in [0.3, 0.4) is 0 Å². The maximum atomic E-state index is 5.97. The highest BCUT2D eigenvalue weighted by Crippen LogP contribution is 2.36. The first-order valence-electron chi connectivity index (χ1n) is 5.83. The van der Waals surface area contributed by atoms with Crippen LogP contribution in [0.25, 0.3) is 5.57 Å². The largest absolute Gasteiger partial charge is 0.316 e. The van der Waals surface area contributed by atoms with Gasteiger partial charge in [-0.1, -0.05) is 17.7 Å². The second-order valence-electron chi connectivity index (χ2n) is 4.74. The summed E-state index contributed by atoms with van der Waals surface area (Å²) >= 11 is 5.97. The van der Waals surface area contributed by atoms with E-state index in [9.17, 15) is 0 Å². The molecular weight excluding hydrogens is 220 g/mol. The highest BCUT2D eigenvalue weighted by atomic mass is 35.5. The van der Waals surface area contributed by atoms with E-state index < -0.39 is 0 Å². The predicted octanol–water partition coefficient (Wildman–Crippen LogP) is 2.75. The number of halogens is 1. The molecule has 2 aliphatic rings. The van der Waals surface area contributed by atoms with E-state index in [1.807, 2.05) is 12.3 Å². The summed E-state index contributed by atoms with van der Waals surface area (Å²) in [4.78, 5) is 4.16. The minimum absolute atomic E-state index is 0.727. The van der Waals surface area contributed by atoms with Crippen LogP contribution in [0.5, 0.6) is 0 Å². The standard InChI is InChI=1S/C13H15ClN2/c14-13-4-12(7-16-8-13)9-1-2-10-5-15-6-11(10)3-9/h1,4,7-8,10-11,15H,2-3,5-6H2/t10-,11+/m1/s1. The molecule has 3 heteroatoms. The summed E-state index contributed by atoms with van der Waals surface area (Å²) in [6, 6.07) is 2.02. The monoisotopic (exact) mass is 234 g/mol. The van der Waals surface area contributed by atoms with Crippen LogP contribution in [0.4, 0.5) is 0 Å². The highest BCUT2D eigenvalue weighted by molar-refractivity contribution is 6.30. The second-order valence-corrected chi connectivity index (χ2v) is 5.18. The molecule has 0 saturated carbocycles. The topological polar surface area (TPSA) is 24.9 Å². The van der Waals surface area contributed by atoms with Gasteiger partial charge in [-0.2, -0.15) is 0 Å². The number of rotatable bonds is 1. The van der Waals surface area contributed by atoms with Gasteiger partial charge >= 0.3 is 0 Å². The number of aromatic nitrogens is 1. The predicted molar refractivity (Wildman–Crippen MR) is 66.3 cm³/mol. The molecule has 2 atom stereocenters. The van der Waals surface area contributed by atoms with E-state index in [0.717, 1.165) is 23.4 Å². The minimum atomic E-state index is 0.727. The van der Waals surface area contributed by atoms with E-state index in [2.05, 4.69) is 16.4 Å². The normalized spacial score (nSPS) is 28.7. The first kappa shape index (κ1) is 10.3. The lowest BCUT2D eigenvalue weighted by Gasteiger charge is -2.24. The number of hydrogen-bond acceptors (Lipinski definition) is 2. The summed E-state index contributed by atoms with van der Waals surface area (Å²) in [5, 5.41) is 4.20. The van der Waals surface area contributed by atoms with Gasteiger partial charge in [0.05, 0.1) is 5.02 Å². The average molecular weight is 235 g/mol. The lowest BCUT2D eigenvalue weighted by molar-refractivity contribution is 0.418. The van der Waals surface area contributed by atoms with Gasteiger partial charge in [0, 0.05) is 12.4 Å². The van der Waals surface area contributed by atoms with Crippen molar-refractivity contribution in [1.82, 2.24) is 10.3 Å². The number of allylic oxidation sites excluding steroid dienone is 2. The number of nitrogens with zero attached hydrogens (tertiary/aromatic N) is 1. The molecule has 0 aromatic carbocycles. The van der Waals surface area contributed by atoms with E-state index in [-0.39, 0.29) is 0 Å². The van der Waals surface area contributed by atoms with Crippen molar-refractivity contribution in [2.45, 2.75) is 12.8 Å².